The molecule has 0 aliphatic carbocycles. The van der Waals surface area contributed by atoms with Crippen molar-refractivity contribution in [2.45, 2.75) is 32.9 Å². The summed E-state index contributed by atoms with van der Waals surface area (Å²) >= 11 is 0. The molecule has 2 nitrogen and oxygen atoms in total. The Morgan fingerprint density at radius 2 is 1.75 bits per heavy atom. The third kappa shape index (κ3) is 3.61. The van der Waals surface area contributed by atoms with Gasteiger partial charge in [-0.1, -0.05) is 56.3 Å². The Morgan fingerprint density at radius 1 is 1.00 bits per heavy atom. The fraction of sp³-hybridized carbons (Fsp3) is 0.333. The standard InChI is InChI=1S/C18H24N2/c1-3-18(16-10-6-5-7-11-16)20(4-2)14-15-9-8-12-17(19)13-15/h5-13,18H,3-4,14,19H2,1-2H3. The Balaban J connectivity index is 2.18. The molecule has 2 heteroatoms. The summed E-state index contributed by atoms with van der Waals surface area (Å²) in [7, 11) is 0. The first-order valence-corrected chi connectivity index (χ1v) is 7.38. The lowest BCUT2D eigenvalue weighted by atomic mass is 10.0. The normalized spacial score (nSPS) is 12.6. The molecule has 2 rings (SSSR count). The molecule has 0 saturated heterocycles. The lowest BCUT2D eigenvalue weighted by Gasteiger charge is -2.30. The van der Waals surface area contributed by atoms with Gasteiger partial charge in [0.05, 0.1) is 0 Å². The molecule has 20 heavy (non-hydrogen) atoms. The maximum absolute atomic E-state index is 5.88. The predicted molar refractivity (Wildman–Crippen MR) is 86.4 cm³/mol. The molecule has 0 aliphatic rings. The minimum absolute atomic E-state index is 0.461. The van der Waals surface area contributed by atoms with Gasteiger partial charge >= 0.3 is 0 Å². The lowest BCUT2D eigenvalue weighted by molar-refractivity contribution is 0.193. The maximum atomic E-state index is 5.88. The third-order valence-electron chi connectivity index (χ3n) is 3.75. The Kier molecular flexibility index (Phi) is 5.19. The second kappa shape index (κ2) is 7.11. The van der Waals surface area contributed by atoms with Crippen molar-refractivity contribution in [3.05, 3.63) is 65.7 Å². The van der Waals surface area contributed by atoms with E-state index in [1.807, 2.05) is 12.1 Å². The zero-order valence-electron chi connectivity index (χ0n) is 12.4. The highest BCUT2D eigenvalue weighted by Crippen LogP contribution is 2.25. The van der Waals surface area contributed by atoms with E-state index in [1.165, 1.54) is 11.1 Å². The number of benzene rings is 2. The molecule has 2 N–H and O–H groups in total. The highest BCUT2D eigenvalue weighted by molar-refractivity contribution is 5.40. The van der Waals surface area contributed by atoms with Gasteiger partial charge in [-0.2, -0.15) is 0 Å². The SMILES string of the molecule is CCC(c1ccccc1)N(CC)Cc1cccc(N)c1. The van der Waals surface area contributed by atoms with Gasteiger partial charge in [0.15, 0.2) is 0 Å². The van der Waals surface area contributed by atoms with Gasteiger partial charge in [-0.15, -0.1) is 0 Å². The largest absolute Gasteiger partial charge is 0.399 e. The minimum atomic E-state index is 0.461. The summed E-state index contributed by atoms with van der Waals surface area (Å²) in [5.74, 6) is 0. The maximum Gasteiger partial charge on any atom is 0.0348 e. The van der Waals surface area contributed by atoms with Crippen LogP contribution in [0.1, 0.15) is 37.4 Å². The number of hydrogen-bond donors (Lipinski definition) is 1. The van der Waals surface area contributed by atoms with Gasteiger partial charge in [0.2, 0.25) is 0 Å². The zero-order chi connectivity index (χ0) is 14.4. The molecule has 0 radical (unpaired) electrons. The van der Waals surface area contributed by atoms with E-state index in [0.29, 0.717) is 6.04 Å². The smallest absolute Gasteiger partial charge is 0.0348 e. The quantitative estimate of drug-likeness (QED) is 0.794. The summed E-state index contributed by atoms with van der Waals surface area (Å²) in [5, 5.41) is 0. The monoisotopic (exact) mass is 268 g/mol. The number of hydrogen-bond acceptors (Lipinski definition) is 2. The number of nitrogen functional groups attached to an aromatic ring is 1. The van der Waals surface area contributed by atoms with Gasteiger partial charge < -0.3 is 5.73 Å². The van der Waals surface area contributed by atoms with Gasteiger partial charge in [0.25, 0.3) is 0 Å². The molecule has 2 aromatic carbocycles. The molecular weight excluding hydrogens is 244 g/mol. The average Bonchev–Trinajstić information content (AvgIpc) is 2.48. The number of nitrogens with two attached hydrogens (primary N) is 1. The topological polar surface area (TPSA) is 29.3 Å². The van der Waals surface area contributed by atoms with E-state index in [0.717, 1.165) is 25.2 Å². The molecule has 0 bridgehead atoms. The molecule has 106 valence electrons. The zero-order valence-corrected chi connectivity index (χ0v) is 12.4. The van der Waals surface area contributed by atoms with E-state index in [-0.39, 0.29) is 0 Å². The fourth-order valence-electron chi connectivity index (χ4n) is 2.75. The summed E-state index contributed by atoms with van der Waals surface area (Å²) in [5.41, 5.74) is 9.38. The van der Waals surface area contributed by atoms with Crippen LogP contribution in [0.15, 0.2) is 54.6 Å². The van der Waals surface area contributed by atoms with E-state index in [1.54, 1.807) is 0 Å². The van der Waals surface area contributed by atoms with E-state index >= 15 is 0 Å². The second-order valence-corrected chi connectivity index (χ2v) is 5.14. The summed E-state index contributed by atoms with van der Waals surface area (Å²) in [6.07, 6.45) is 1.11. The van der Waals surface area contributed by atoms with Gasteiger partial charge in [0.1, 0.15) is 0 Å². The molecule has 1 unspecified atom stereocenters. The van der Waals surface area contributed by atoms with Crippen molar-refractivity contribution < 1.29 is 0 Å². The van der Waals surface area contributed by atoms with Crippen molar-refractivity contribution in [3.8, 4) is 0 Å². The molecule has 1 atom stereocenters. The molecule has 2 aromatic rings. The first kappa shape index (κ1) is 14.6. The van der Waals surface area contributed by atoms with Crippen LogP contribution in [-0.4, -0.2) is 11.4 Å². The summed E-state index contributed by atoms with van der Waals surface area (Å²) in [6.45, 7) is 6.44. The molecule has 0 heterocycles. The Morgan fingerprint density at radius 3 is 2.35 bits per heavy atom. The van der Waals surface area contributed by atoms with Gasteiger partial charge in [-0.25, -0.2) is 0 Å². The van der Waals surface area contributed by atoms with E-state index in [9.17, 15) is 0 Å². The first-order valence-electron chi connectivity index (χ1n) is 7.38. The summed E-state index contributed by atoms with van der Waals surface area (Å²) in [6, 6.07) is 19.4. The number of anilines is 1. The number of nitrogens with zero attached hydrogens (tertiary/aromatic N) is 1. The van der Waals surface area contributed by atoms with E-state index < -0.39 is 0 Å². The van der Waals surface area contributed by atoms with Crippen LogP contribution >= 0.6 is 0 Å². The first-order chi connectivity index (χ1) is 9.74. The highest BCUT2D eigenvalue weighted by atomic mass is 15.1. The van der Waals surface area contributed by atoms with Crippen LogP contribution in [0, 0.1) is 0 Å². The van der Waals surface area contributed by atoms with E-state index in [4.69, 9.17) is 5.73 Å². The highest BCUT2D eigenvalue weighted by Gasteiger charge is 2.17. The van der Waals surface area contributed by atoms with Crippen LogP contribution in [0.4, 0.5) is 5.69 Å². The van der Waals surface area contributed by atoms with E-state index in [2.05, 4.69) is 61.2 Å². The Bertz CT molecular complexity index is 522. The molecule has 0 amide bonds. The summed E-state index contributed by atoms with van der Waals surface area (Å²) in [4.78, 5) is 2.50. The molecule has 0 aromatic heterocycles. The van der Waals surface area contributed by atoms with Gasteiger partial charge in [-0.3, -0.25) is 4.90 Å². The van der Waals surface area contributed by atoms with Gasteiger partial charge in [0, 0.05) is 18.3 Å². The van der Waals surface area contributed by atoms with Crippen LogP contribution in [0.25, 0.3) is 0 Å². The Labute approximate surface area is 122 Å². The van der Waals surface area contributed by atoms with Crippen molar-refractivity contribution >= 4 is 5.69 Å². The van der Waals surface area contributed by atoms with Crippen molar-refractivity contribution in [1.29, 1.82) is 0 Å². The summed E-state index contributed by atoms with van der Waals surface area (Å²) < 4.78 is 0. The molecule has 0 aliphatic heterocycles. The third-order valence-corrected chi connectivity index (χ3v) is 3.75. The second-order valence-electron chi connectivity index (χ2n) is 5.14. The van der Waals surface area contributed by atoms with Crippen molar-refractivity contribution in [1.82, 2.24) is 4.90 Å². The van der Waals surface area contributed by atoms with Crippen molar-refractivity contribution in [3.63, 3.8) is 0 Å². The van der Waals surface area contributed by atoms with Crippen LogP contribution in [0.2, 0.25) is 0 Å². The lowest BCUT2D eigenvalue weighted by Crippen LogP contribution is -2.27. The average molecular weight is 268 g/mol. The van der Waals surface area contributed by atoms with Crippen LogP contribution < -0.4 is 5.73 Å². The van der Waals surface area contributed by atoms with Crippen LogP contribution in [0.3, 0.4) is 0 Å². The predicted octanol–water partition coefficient (Wildman–Crippen LogP) is 4.24. The molecular formula is C18H24N2. The number of rotatable bonds is 6. The van der Waals surface area contributed by atoms with Crippen LogP contribution in [0.5, 0.6) is 0 Å². The molecule has 0 spiro atoms. The Hall–Kier alpha value is -1.80. The van der Waals surface area contributed by atoms with Crippen molar-refractivity contribution in [2.75, 3.05) is 12.3 Å². The van der Waals surface area contributed by atoms with Gasteiger partial charge in [-0.05, 0) is 36.2 Å². The molecule has 0 saturated carbocycles. The molecule has 0 fully saturated rings. The fourth-order valence-corrected chi connectivity index (χ4v) is 2.75. The van der Waals surface area contributed by atoms with Crippen molar-refractivity contribution in [2.24, 2.45) is 0 Å². The van der Waals surface area contributed by atoms with Crippen LogP contribution in [-0.2, 0) is 6.54 Å². The minimum Gasteiger partial charge on any atom is -0.399 e.